The van der Waals surface area contributed by atoms with Crippen molar-refractivity contribution in [3.63, 3.8) is 0 Å². The van der Waals surface area contributed by atoms with E-state index in [0.29, 0.717) is 22.2 Å². The van der Waals surface area contributed by atoms with Crippen LogP contribution in [0.1, 0.15) is 10.4 Å². The molecule has 0 spiro atoms. The van der Waals surface area contributed by atoms with Crippen LogP contribution in [-0.2, 0) is 9.53 Å². The highest BCUT2D eigenvalue weighted by Crippen LogP contribution is 2.32. The minimum atomic E-state index is -0.594. The monoisotopic (exact) mass is 494 g/mol. The molecule has 0 aliphatic heterocycles. The predicted molar refractivity (Wildman–Crippen MR) is 131 cm³/mol. The van der Waals surface area contributed by atoms with Crippen molar-refractivity contribution >= 4 is 40.9 Å². The van der Waals surface area contributed by atoms with Crippen molar-refractivity contribution in [1.82, 2.24) is 14.8 Å². The molecule has 4 aromatic rings. The number of carbonyl (C=O) groups excluding carboxylic acids is 2. The third-order valence-electron chi connectivity index (χ3n) is 4.78. The average molecular weight is 495 g/mol. The van der Waals surface area contributed by atoms with Gasteiger partial charge in [-0.05, 0) is 42.5 Å². The van der Waals surface area contributed by atoms with Gasteiger partial charge in [0.15, 0.2) is 11.0 Å². The van der Waals surface area contributed by atoms with E-state index in [9.17, 15) is 14.7 Å². The number of nitrogens with one attached hydrogen (secondary N) is 1. The van der Waals surface area contributed by atoms with E-state index >= 15 is 0 Å². The number of carbonyl (C=O) groups is 2. The number of halogens is 1. The highest BCUT2D eigenvalue weighted by Gasteiger charge is 2.19. The van der Waals surface area contributed by atoms with Gasteiger partial charge in [-0.15, -0.1) is 10.2 Å². The zero-order chi connectivity index (χ0) is 24.1. The van der Waals surface area contributed by atoms with Crippen LogP contribution in [0, 0.1) is 0 Å². The number of methoxy groups -OCH3 is 1. The van der Waals surface area contributed by atoms with Gasteiger partial charge in [0.25, 0.3) is 0 Å². The summed E-state index contributed by atoms with van der Waals surface area (Å²) in [5, 5.41) is 22.3. The zero-order valence-electron chi connectivity index (χ0n) is 17.9. The summed E-state index contributed by atoms with van der Waals surface area (Å²) in [5.41, 5.74) is 1.88. The number of para-hydroxylation sites is 2. The van der Waals surface area contributed by atoms with Crippen molar-refractivity contribution in [2.75, 3.05) is 18.2 Å². The minimum absolute atomic E-state index is 0.0297. The number of esters is 1. The van der Waals surface area contributed by atoms with Crippen molar-refractivity contribution in [3.05, 3.63) is 83.4 Å². The smallest absolute Gasteiger partial charge is 0.339 e. The number of ether oxygens (including phenoxy) is 1. The summed E-state index contributed by atoms with van der Waals surface area (Å²) < 4.78 is 6.49. The molecule has 4 rings (SSSR count). The van der Waals surface area contributed by atoms with Gasteiger partial charge in [0.2, 0.25) is 5.91 Å². The molecule has 0 bridgehead atoms. The first-order valence-corrected chi connectivity index (χ1v) is 11.4. The Morgan fingerprint density at radius 3 is 2.53 bits per heavy atom. The number of amides is 1. The van der Waals surface area contributed by atoms with Crippen LogP contribution in [0.15, 0.2) is 78.0 Å². The Labute approximate surface area is 204 Å². The van der Waals surface area contributed by atoms with Gasteiger partial charge >= 0.3 is 5.97 Å². The maximum absolute atomic E-state index is 12.6. The highest BCUT2D eigenvalue weighted by molar-refractivity contribution is 7.99. The van der Waals surface area contributed by atoms with Gasteiger partial charge in [-0.3, -0.25) is 9.36 Å². The van der Waals surface area contributed by atoms with Gasteiger partial charge in [0.1, 0.15) is 5.75 Å². The summed E-state index contributed by atoms with van der Waals surface area (Å²) in [6, 6.07) is 20.8. The topological polar surface area (TPSA) is 106 Å². The van der Waals surface area contributed by atoms with Crippen molar-refractivity contribution in [2.24, 2.45) is 0 Å². The van der Waals surface area contributed by atoms with Crippen LogP contribution in [0.2, 0.25) is 5.02 Å². The number of aromatic nitrogens is 3. The summed E-state index contributed by atoms with van der Waals surface area (Å²) in [6.07, 6.45) is 0. The van der Waals surface area contributed by atoms with Crippen LogP contribution < -0.4 is 5.32 Å². The zero-order valence-corrected chi connectivity index (χ0v) is 19.5. The second kappa shape index (κ2) is 10.4. The van der Waals surface area contributed by atoms with E-state index in [-0.39, 0.29) is 28.0 Å². The van der Waals surface area contributed by atoms with Crippen LogP contribution in [0.5, 0.6) is 5.75 Å². The Morgan fingerprint density at radius 2 is 1.79 bits per heavy atom. The van der Waals surface area contributed by atoms with Gasteiger partial charge in [-0.1, -0.05) is 53.7 Å². The fourth-order valence-corrected chi connectivity index (χ4v) is 4.15. The molecule has 0 unspecified atom stereocenters. The van der Waals surface area contributed by atoms with Gasteiger partial charge in [-0.2, -0.15) is 0 Å². The molecule has 172 valence electrons. The Bertz CT molecular complexity index is 1340. The molecule has 10 heteroatoms. The van der Waals surface area contributed by atoms with Gasteiger partial charge in [0.05, 0.1) is 29.0 Å². The first-order valence-electron chi connectivity index (χ1n) is 10.1. The number of nitrogens with zero attached hydrogens (tertiary/aromatic N) is 3. The molecule has 0 radical (unpaired) electrons. The molecule has 1 heterocycles. The molecule has 1 amide bonds. The lowest BCUT2D eigenvalue weighted by Crippen LogP contribution is -2.15. The van der Waals surface area contributed by atoms with Crippen molar-refractivity contribution in [2.45, 2.75) is 5.16 Å². The third kappa shape index (κ3) is 5.05. The molecule has 2 N–H and O–H groups in total. The number of phenols is 1. The third-order valence-corrected chi connectivity index (χ3v) is 6.04. The standard InChI is InChI=1S/C24H19ClN4O4S/c1-33-23(32)18-13-15(11-12-19(18)25)26-21(31)14-34-24-28-27-22(17-9-5-6-10-20(17)30)29(24)16-7-3-2-4-8-16/h2-13,30H,14H2,1H3,(H,26,31). The largest absolute Gasteiger partial charge is 0.507 e. The quantitative estimate of drug-likeness (QED) is 0.280. The van der Waals surface area contributed by atoms with E-state index < -0.39 is 5.97 Å². The molecule has 3 aromatic carbocycles. The van der Waals surface area contributed by atoms with E-state index in [2.05, 4.69) is 15.5 Å². The van der Waals surface area contributed by atoms with E-state index in [1.54, 1.807) is 34.9 Å². The molecule has 34 heavy (non-hydrogen) atoms. The van der Waals surface area contributed by atoms with Crippen LogP contribution in [0.4, 0.5) is 5.69 Å². The molecule has 0 saturated heterocycles. The molecule has 0 aliphatic carbocycles. The number of phenolic OH excluding ortho intramolecular Hbond substituents is 1. The summed E-state index contributed by atoms with van der Waals surface area (Å²) in [7, 11) is 1.26. The molecule has 8 nitrogen and oxygen atoms in total. The number of anilines is 1. The van der Waals surface area contributed by atoms with E-state index in [1.165, 1.54) is 31.0 Å². The summed E-state index contributed by atoms with van der Waals surface area (Å²) in [6.45, 7) is 0. The SMILES string of the molecule is COC(=O)c1cc(NC(=O)CSc2nnc(-c3ccccc3O)n2-c2ccccc2)ccc1Cl. The minimum Gasteiger partial charge on any atom is -0.507 e. The number of hydrogen-bond acceptors (Lipinski definition) is 7. The van der Waals surface area contributed by atoms with Crippen LogP contribution in [0.3, 0.4) is 0 Å². The van der Waals surface area contributed by atoms with Gasteiger partial charge in [-0.25, -0.2) is 4.79 Å². The molecule has 0 aliphatic rings. The Hall–Kier alpha value is -3.82. The van der Waals surface area contributed by atoms with Crippen LogP contribution in [0.25, 0.3) is 17.1 Å². The number of thioether (sulfide) groups is 1. The lowest BCUT2D eigenvalue weighted by molar-refractivity contribution is -0.113. The average Bonchev–Trinajstić information content (AvgIpc) is 3.28. The first kappa shape index (κ1) is 23.3. The Morgan fingerprint density at radius 1 is 1.06 bits per heavy atom. The normalized spacial score (nSPS) is 10.6. The maximum Gasteiger partial charge on any atom is 0.339 e. The van der Waals surface area contributed by atoms with Gasteiger partial charge < -0.3 is 15.2 Å². The summed E-state index contributed by atoms with van der Waals surface area (Å²) in [5.74, 6) is -0.349. The predicted octanol–water partition coefficient (Wildman–Crippen LogP) is 4.81. The molecular weight excluding hydrogens is 476 g/mol. The number of aromatic hydroxyl groups is 1. The fourth-order valence-electron chi connectivity index (χ4n) is 3.21. The number of benzene rings is 3. The Balaban J connectivity index is 1.56. The van der Waals surface area contributed by atoms with Crippen molar-refractivity contribution in [1.29, 1.82) is 0 Å². The van der Waals surface area contributed by atoms with Crippen LogP contribution in [-0.4, -0.2) is 44.6 Å². The molecule has 0 saturated carbocycles. The molecular formula is C24H19ClN4O4S. The second-order valence-corrected chi connectivity index (χ2v) is 8.37. The molecule has 1 aromatic heterocycles. The highest BCUT2D eigenvalue weighted by atomic mass is 35.5. The van der Waals surface area contributed by atoms with E-state index in [0.717, 1.165) is 5.69 Å². The van der Waals surface area contributed by atoms with Crippen molar-refractivity contribution < 1.29 is 19.4 Å². The second-order valence-electron chi connectivity index (χ2n) is 7.02. The van der Waals surface area contributed by atoms with Crippen molar-refractivity contribution in [3.8, 4) is 22.8 Å². The lowest BCUT2D eigenvalue weighted by Gasteiger charge is -2.11. The number of rotatable bonds is 7. The number of hydrogen-bond donors (Lipinski definition) is 2. The summed E-state index contributed by atoms with van der Waals surface area (Å²) >= 11 is 7.22. The molecule has 0 atom stereocenters. The lowest BCUT2D eigenvalue weighted by atomic mass is 10.2. The molecule has 0 fully saturated rings. The maximum atomic E-state index is 12.6. The summed E-state index contributed by atoms with van der Waals surface area (Å²) in [4.78, 5) is 24.5. The van der Waals surface area contributed by atoms with E-state index in [4.69, 9.17) is 16.3 Å². The van der Waals surface area contributed by atoms with Crippen LogP contribution >= 0.6 is 23.4 Å². The Kier molecular flexibility index (Phi) is 7.15. The van der Waals surface area contributed by atoms with Gasteiger partial charge in [0, 0.05) is 11.4 Å². The van der Waals surface area contributed by atoms with E-state index in [1.807, 2.05) is 30.3 Å². The fraction of sp³-hybridized carbons (Fsp3) is 0.0833. The first-order chi connectivity index (χ1) is 16.5.